The molecule has 0 aliphatic heterocycles. The number of carboxylic acids is 1. The van der Waals surface area contributed by atoms with Gasteiger partial charge in [0.05, 0.1) is 4.88 Å². The highest BCUT2D eigenvalue weighted by Gasteiger charge is 2.11. The van der Waals surface area contributed by atoms with E-state index in [1.807, 2.05) is 18.4 Å². The van der Waals surface area contributed by atoms with E-state index in [1.165, 1.54) is 29.5 Å². The summed E-state index contributed by atoms with van der Waals surface area (Å²) in [4.78, 5) is 23.1. The molecule has 2 aromatic rings. The average molecular weight is 305 g/mol. The number of hydrogen-bond acceptors (Lipinski definition) is 3. The van der Waals surface area contributed by atoms with Gasteiger partial charge in [-0.2, -0.15) is 0 Å². The molecule has 1 aromatic carbocycles. The number of nitrogens with one attached hydrogen (secondary N) is 1. The molecule has 0 atom stereocenters. The molecule has 0 radical (unpaired) electrons. The minimum atomic E-state index is -1.17. The van der Waals surface area contributed by atoms with E-state index in [2.05, 4.69) is 5.32 Å². The molecule has 108 valence electrons. The van der Waals surface area contributed by atoms with Gasteiger partial charge in [-0.1, -0.05) is 0 Å². The van der Waals surface area contributed by atoms with Gasteiger partial charge in [0, 0.05) is 17.3 Å². The Labute approximate surface area is 124 Å². The van der Waals surface area contributed by atoms with E-state index in [1.54, 1.807) is 0 Å². The zero-order chi connectivity index (χ0) is 15.4. The first-order valence-electron chi connectivity index (χ1n) is 6.03. The van der Waals surface area contributed by atoms with Crippen LogP contribution in [0.1, 0.15) is 20.8 Å². The quantitative estimate of drug-likeness (QED) is 0.849. The lowest BCUT2D eigenvalue weighted by molar-refractivity contribution is -0.131. The predicted octanol–water partition coefficient (Wildman–Crippen LogP) is 3.55. The summed E-state index contributed by atoms with van der Waals surface area (Å²) in [7, 11) is 0. The van der Waals surface area contributed by atoms with Crippen molar-refractivity contribution in [2.24, 2.45) is 0 Å². The maximum Gasteiger partial charge on any atom is 0.328 e. The molecular weight excluding hydrogens is 293 g/mol. The Balaban J connectivity index is 2.21. The van der Waals surface area contributed by atoms with Crippen molar-refractivity contribution in [3.63, 3.8) is 0 Å². The number of halogens is 1. The van der Waals surface area contributed by atoms with E-state index in [0.29, 0.717) is 10.6 Å². The Morgan fingerprint density at radius 3 is 2.71 bits per heavy atom. The van der Waals surface area contributed by atoms with Crippen LogP contribution in [-0.2, 0) is 4.79 Å². The first-order chi connectivity index (χ1) is 9.97. The molecule has 0 saturated heterocycles. The van der Waals surface area contributed by atoms with Gasteiger partial charge in [0.25, 0.3) is 5.91 Å². The average Bonchev–Trinajstić information content (AvgIpc) is 2.85. The topological polar surface area (TPSA) is 66.4 Å². The Morgan fingerprint density at radius 2 is 2.10 bits per heavy atom. The van der Waals surface area contributed by atoms with Crippen LogP contribution in [0, 0.1) is 12.7 Å². The summed E-state index contributed by atoms with van der Waals surface area (Å²) < 4.78 is 13.5. The number of aryl methyl sites for hydroxylation is 1. The van der Waals surface area contributed by atoms with Gasteiger partial charge in [0.2, 0.25) is 0 Å². The number of carboxylic acid groups (broad SMARTS) is 1. The van der Waals surface area contributed by atoms with E-state index in [4.69, 9.17) is 5.11 Å². The molecule has 0 aliphatic carbocycles. The maximum atomic E-state index is 13.5. The number of anilines is 1. The summed E-state index contributed by atoms with van der Waals surface area (Å²) in [6, 6.07) is 5.83. The van der Waals surface area contributed by atoms with Crippen LogP contribution in [0.15, 0.2) is 35.7 Å². The third-order valence-electron chi connectivity index (χ3n) is 2.73. The number of aliphatic carboxylic acids is 1. The van der Waals surface area contributed by atoms with Crippen molar-refractivity contribution < 1.29 is 19.1 Å². The zero-order valence-electron chi connectivity index (χ0n) is 11.1. The van der Waals surface area contributed by atoms with Crippen molar-refractivity contribution in [3.8, 4) is 0 Å². The van der Waals surface area contributed by atoms with Crippen LogP contribution in [0.3, 0.4) is 0 Å². The predicted molar refractivity (Wildman–Crippen MR) is 80.1 cm³/mol. The summed E-state index contributed by atoms with van der Waals surface area (Å²) in [5.41, 5.74) is 1.36. The standard InChI is InChI=1S/C15H12FNO3S/c1-9-6-7-21-14(9)15(20)17-11-3-4-12(16)10(8-11)2-5-13(18)19/h2-8H,1H3,(H,17,20)(H,18,19)/b5-2+. The first kappa shape index (κ1) is 14.9. The van der Waals surface area contributed by atoms with Crippen LogP contribution in [0.4, 0.5) is 10.1 Å². The normalized spacial score (nSPS) is 10.8. The second-order valence-corrected chi connectivity index (χ2v) is 5.21. The third-order valence-corrected chi connectivity index (χ3v) is 3.74. The number of benzene rings is 1. The van der Waals surface area contributed by atoms with Crippen molar-refractivity contribution in [2.75, 3.05) is 5.32 Å². The Hall–Kier alpha value is -2.47. The second-order valence-electron chi connectivity index (χ2n) is 4.29. The Kier molecular flexibility index (Phi) is 4.49. The summed E-state index contributed by atoms with van der Waals surface area (Å²) in [6.45, 7) is 1.83. The molecule has 1 aromatic heterocycles. The van der Waals surface area contributed by atoms with E-state index in [-0.39, 0.29) is 11.5 Å². The monoisotopic (exact) mass is 305 g/mol. The molecule has 2 rings (SSSR count). The van der Waals surface area contributed by atoms with Crippen LogP contribution in [-0.4, -0.2) is 17.0 Å². The van der Waals surface area contributed by atoms with Crippen LogP contribution < -0.4 is 5.32 Å². The molecular formula is C15H12FNO3S. The number of hydrogen-bond donors (Lipinski definition) is 2. The molecule has 21 heavy (non-hydrogen) atoms. The van der Waals surface area contributed by atoms with E-state index in [9.17, 15) is 14.0 Å². The highest BCUT2D eigenvalue weighted by molar-refractivity contribution is 7.12. The highest BCUT2D eigenvalue weighted by atomic mass is 32.1. The molecule has 0 saturated carbocycles. The number of carbonyl (C=O) groups excluding carboxylic acids is 1. The fourth-order valence-corrected chi connectivity index (χ4v) is 2.52. The summed E-state index contributed by atoms with van der Waals surface area (Å²) in [5.74, 6) is -2.00. The maximum absolute atomic E-state index is 13.5. The molecule has 1 heterocycles. The van der Waals surface area contributed by atoms with Crippen LogP contribution in [0.25, 0.3) is 6.08 Å². The van der Waals surface area contributed by atoms with E-state index in [0.717, 1.165) is 17.7 Å². The van der Waals surface area contributed by atoms with Crippen LogP contribution >= 0.6 is 11.3 Å². The molecule has 1 amide bonds. The van der Waals surface area contributed by atoms with Crippen molar-refractivity contribution in [3.05, 3.63) is 57.5 Å². The molecule has 2 N–H and O–H groups in total. The van der Waals surface area contributed by atoms with Gasteiger partial charge in [0.1, 0.15) is 5.82 Å². The largest absolute Gasteiger partial charge is 0.478 e. The number of amides is 1. The highest BCUT2D eigenvalue weighted by Crippen LogP contribution is 2.20. The van der Waals surface area contributed by atoms with Crippen molar-refractivity contribution >= 4 is 35.0 Å². The summed E-state index contributed by atoms with van der Waals surface area (Å²) in [5, 5.41) is 13.0. The number of rotatable bonds is 4. The molecule has 4 nitrogen and oxygen atoms in total. The van der Waals surface area contributed by atoms with Gasteiger partial charge in [-0.15, -0.1) is 11.3 Å². The van der Waals surface area contributed by atoms with Gasteiger partial charge in [-0.05, 0) is 48.2 Å². The molecule has 6 heteroatoms. The second kappa shape index (κ2) is 6.32. The van der Waals surface area contributed by atoms with Gasteiger partial charge in [-0.25, -0.2) is 9.18 Å². The molecule has 0 spiro atoms. The van der Waals surface area contributed by atoms with Gasteiger partial charge < -0.3 is 10.4 Å². The minimum absolute atomic E-state index is 0.0955. The zero-order valence-corrected chi connectivity index (χ0v) is 11.9. The fraction of sp³-hybridized carbons (Fsp3) is 0.0667. The fourth-order valence-electron chi connectivity index (χ4n) is 1.70. The summed E-state index contributed by atoms with van der Waals surface area (Å²) in [6.07, 6.45) is 1.98. The first-order valence-corrected chi connectivity index (χ1v) is 6.91. The number of thiophene rings is 1. The lowest BCUT2D eigenvalue weighted by atomic mass is 10.1. The van der Waals surface area contributed by atoms with E-state index < -0.39 is 11.8 Å². The van der Waals surface area contributed by atoms with Crippen molar-refractivity contribution in [1.82, 2.24) is 0 Å². The summed E-state index contributed by atoms with van der Waals surface area (Å²) >= 11 is 1.32. The van der Waals surface area contributed by atoms with Crippen LogP contribution in [0.2, 0.25) is 0 Å². The van der Waals surface area contributed by atoms with Crippen molar-refractivity contribution in [1.29, 1.82) is 0 Å². The lowest BCUT2D eigenvalue weighted by Crippen LogP contribution is -2.11. The molecule has 0 fully saturated rings. The van der Waals surface area contributed by atoms with Crippen LogP contribution in [0.5, 0.6) is 0 Å². The van der Waals surface area contributed by atoms with Gasteiger partial charge >= 0.3 is 5.97 Å². The Bertz CT molecular complexity index is 721. The van der Waals surface area contributed by atoms with Crippen molar-refractivity contribution in [2.45, 2.75) is 6.92 Å². The Morgan fingerprint density at radius 1 is 1.33 bits per heavy atom. The number of carbonyl (C=O) groups is 2. The van der Waals surface area contributed by atoms with Gasteiger partial charge in [-0.3, -0.25) is 4.79 Å². The third kappa shape index (κ3) is 3.76. The lowest BCUT2D eigenvalue weighted by Gasteiger charge is -2.06. The van der Waals surface area contributed by atoms with Gasteiger partial charge in [0.15, 0.2) is 0 Å². The molecule has 0 bridgehead atoms. The SMILES string of the molecule is Cc1ccsc1C(=O)Nc1ccc(F)c(/C=C/C(=O)O)c1. The molecule has 0 aliphatic rings. The smallest absolute Gasteiger partial charge is 0.328 e. The molecule has 0 unspecified atom stereocenters. The minimum Gasteiger partial charge on any atom is -0.478 e. The van der Waals surface area contributed by atoms with E-state index >= 15 is 0 Å².